The molecular formula is C24H26O2. The van der Waals surface area contributed by atoms with Gasteiger partial charge in [-0.1, -0.05) is 88.4 Å². The van der Waals surface area contributed by atoms with Crippen LogP contribution in [0.4, 0.5) is 0 Å². The number of hydrogen-bond donors (Lipinski definition) is 2. The Morgan fingerprint density at radius 2 is 0.923 bits per heavy atom. The van der Waals surface area contributed by atoms with Gasteiger partial charge in [0.15, 0.2) is 0 Å². The van der Waals surface area contributed by atoms with E-state index in [1.165, 1.54) is 0 Å². The van der Waals surface area contributed by atoms with E-state index in [1.54, 1.807) is 12.1 Å². The van der Waals surface area contributed by atoms with E-state index in [2.05, 4.69) is 45.9 Å². The minimum atomic E-state index is -0.337. The van der Waals surface area contributed by atoms with Gasteiger partial charge < -0.3 is 10.2 Å². The number of phenols is 2. The molecule has 0 aliphatic heterocycles. The van der Waals surface area contributed by atoms with Crippen LogP contribution >= 0.6 is 0 Å². The fraction of sp³-hybridized carbons (Fsp3) is 0.250. The molecule has 0 atom stereocenters. The Kier molecular flexibility index (Phi) is 4.53. The molecule has 0 aliphatic rings. The number of phenolic OH excluding ortho intramolecular Hbond substituents is 2. The van der Waals surface area contributed by atoms with E-state index in [1.807, 2.05) is 42.5 Å². The average molecular weight is 346 g/mol. The van der Waals surface area contributed by atoms with Gasteiger partial charge in [0.25, 0.3) is 0 Å². The third-order valence-electron chi connectivity index (χ3n) is 5.46. The van der Waals surface area contributed by atoms with Gasteiger partial charge >= 0.3 is 0 Å². The zero-order valence-corrected chi connectivity index (χ0v) is 15.8. The van der Waals surface area contributed by atoms with Crippen LogP contribution in [-0.2, 0) is 10.8 Å². The lowest BCUT2D eigenvalue weighted by atomic mass is 9.73. The van der Waals surface area contributed by atoms with Crippen LogP contribution in [0.5, 0.6) is 11.5 Å². The standard InChI is InChI=1S/C24H26O2/c1-23(2,19-12-5-7-14-21(19)25)17-10-9-11-18(16-17)24(3,4)20-13-6-8-15-22(20)26/h5-16,25-26H,1-4H3. The van der Waals surface area contributed by atoms with Gasteiger partial charge in [-0.05, 0) is 23.3 Å². The summed E-state index contributed by atoms with van der Waals surface area (Å²) < 4.78 is 0. The Balaban J connectivity index is 2.09. The van der Waals surface area contributed by atoms with Crippen LogP contribution in [0.1, 0.15) is 49.9 Å². The number of benzene rings is 3. The van der Waals surface area contributed by atoms with E-state index in [4.69, 9.17) is 0 Å². The molecule has 0 aromatic heterocycles. The molecule has 26 heavy (non-hydrogen) atoms. The third kappa shape index (κ3) is 3.08. The summed E-state index contributed by atoms with van der Waals surface area (Å²) in [5.41, 5.74) is 3.38. The molecule has 0 heterocycles. The van der Waals surface area contributed by atoms with Crippen LogP contribution in [0.2, 0.25) is 0 Å². The molecule has 3 aromatic carbocycles. The van der Waals surface area contributed by atoms with E-state index in [9.17, 15) is 10.2 Å². The van der Waals surface area contributed by atoms with E-state index >= 15 is 0 Å². The van der Waals surface area contributed by atoms with E-state index < -0.39 is 0 Å². The van der Waals surface area contributed by atoms with Crippen LogP contribution in [-0.4, -0.2) is 10.2 Å². The summed E-state index contributed by atoms with van der Waals surface area (Å²) in [7, 11) is 0. The SMILES string of the molecule is CC(C)(c1cccc(C(C)(C)c2ccccc2O)c1)c1ccccc1O. The van der Waals surface area contributed by atoms with Crippen molar-refractivity contribution < 1.29 is 10.2 Å². The van der Waals surface area contributed by atoms with E-state index in [0.29, 0.717) is 11.5 Å². The van der Waals surface area contributed by atoms with Crippen LogP contribution in [0, 0.1) is 0 Å². The second-order valence-corrected chi connectivity index (χ2v) is 7.87. The summed E-state index contributed by atoms with van der Waals surface area (Å²) in [4.78, 5) is 0. The van der Waals surface area contributed by atoms with Crippen molar-refractivity contribution in [2.75, 3.05) is 0 Å². The maximum Gasteiger partial charge on any atom is 0.119 e. The lowest BCUT2D eigenvalue weighted by molar-refractivity contribution is 0.451. The smallest absolute Gasteiger partial charge is 0.119 e. The maximum absolute atomic E-state index is 10.3. The van der Waals surface area contributed by atoms with Gasteiger partial charge in [0.2, 0.25) is 0 Å². The first-order valence-electron chi connectivity index (χ1n) is 8.92. The molecule has 0 saturated heterocycles. The first-order chi connectivity index (χ1) is 12.2. The molecule has 0 aliphatic carbocycles. The summed E-state index contributed by atoms with van der Waals surface area (Å²) in [6, 6.07) is 23.4. The van der Waals surface area contributed by atoms with Crippen molar-refractivity contribution in [3.05, 3.63) is 95.1 Å². The first kappa shape index (κ1) is 18.1. The zero-order valence-electron chi connectivity index (χ0n) is 15.8. The lowest BCUT2D eigenvalue weighted by Gasteiger charge is -2.31. The van der Waals surface area contributed by atoms with Gasteiger partial charge in [0, 0.05) is 22.0 Å². The topological polar surface area (TPSA) is 40.5 Å². The largest absolute Gasteiger partial charge is 0.508 e. The fourth-order valence-corrected chi connectivity index (χ4v) is 3.61. The van der Waals surface area contributed by atoms with Gasteiger partial charge in [-0.15, -0.1) is 0 Å². The molecule has 0 radical (unpaired) electrons. The predicted octanol–water partition coefficient (Wildman–Crippen LogP) is 5.75. The third-order valence-corrected chi connectivity index (χ3v) is 5.46. The van der Waals surface area contributed by atoms with Crippen molar-refractivity contribution in [2.24, 2.45) is 0 Å². The quantitative estimate of drug-likeness (QED) is 0.631. The number of hydrogen-bond acceptors (Lipinski definition) is 2. The second-order valence-electron chi connectivity index (χ2n) is 7.87. The molecule has 2 N–H and O–H groups in total. The molecule has 2 heteroatoms. The molecule has 0 bridgehead atoms. The highest BCUT2D eigenvalue weighted by molar-refractivity contribution is 5.50. The van der Waals surface area contributed by atoms with Crippen LogP contribution < -0.4 is 0 Å². The normalized spacial score (nSPS) is 12.2. The molecular weight excluding hydrogens is 320 g/mol. The molecule has 2 nitrogen and oxygen atoms in total. The monoisotopic (exact) mass is 346 g/mol. The minimum absolute atomic E-state index is 0.308. The Morgan fingerprint density at radius 1 is 0.538 bits per heavy atom. The first-order valence-corrected chi connectivity index (χ1v) is 8.92. The maximum atomic E-state index is 10.3. The second kappa shape index (κ2) is 6.53. The number of rotatable bonds is 4. The van der Waals surface area contributed by atoms with Crippen LogP contribution in [0.3, 0.4) is 0 Å². The molecule has 3 aromatic rings. The van der Waals surface area contributed by atoms with E-state index in [-0.39, 0.29) is 10.8 Å². The van der Waals surface area contributed by atoms with Gasteiger partial charge in [-0.25, -0.2) is 0 Å². The van der Waals surface area contributed by atoms with Crippen LogP contribution in [0.15, 0.2) is 72.8 Å². The zero-order chi connectivity index (χ0) is 18.9. The Hall–Kier alpha value is -2.74. The summed E-state index contributed by atoms with van der Waals surface area (Å²) in [5, 5.41) is 20.6. The molecule has 0 unspecified atom stereocenters. The molecule has 0 fully saturated rings. The van der Waals surface area contributed by atoms with Crippen molar-refractivity contribution in [3.63, 3.8) is 0 Å². The molecule has 3 rings (SSSR count). The molecule has 0 amide bonds. The number of para-hydroxylation sites is 2. The Labute approximate surface area is 155 Å². The van der Waals surface area contributed by atoms with Crippen molar-refractivity contribution >= 4 is 0 Å². The fourth-order valence-electron chi connectivity index (χ4n) is 3.61. The summed E-state index contributed by atoms with van der Waals surface area (Å²) in [6.07, 6.45) is 0. The van der Waals surface area contributed by atoms with Crippen molar-refractivity contribution in [2.45, 2.75) is 38.5 Å². The summed E-state index contributed by atoms with van der Waals surface area (Å²) in [6.45, 7) is 8.48. The van der Waals surface area contributed by atoms with Gasteiger partial charge in [-0.2, -0.15) is 0 Å². The van der Waals surface area contributed by atoms with E-state index in [0.717, 1.165) is 22.3 Å². The van der Waals surface area contributed by atoms with Gasteiger partial charge in [-0.3, -0.25) is 0 Å². The molecule has 134 valence electrons. The number of aromatic hydroxyl groups is 2. The highest BCUT2D eigenvalue weighted by Crippen LogP contribution is 2.41. The Bertz CT molecular complexity index is 850. The predicted molar refractivity (Wildman–Crippen MR) is 107 cm³/mol. The highest BCUT2D eigenvalue weighted by Gasteiger charge is 2.30. The summed E-state index contributed by atoms with van der Waals surface area (Å²) >= 11 is 0. The van der Waals surface area contributed by atoms with Gasteiger partial charge in [0.1, 0.15) is 11.5 Å². The average Bonchev–Trinajstić information content (AvgIpc) is 2.62. The van der Waals surface area contributed by atoms with Crippen molar-refractivity contribution in [1.82, 2.24) is 0 Å². The lowest BCUT2D eigenvalue weighted by Crippen LogP contribution is -2.23. The van der Waals surface area contributed by atoms with Crippen LogP contribution in [0.25, 0.3) is 0 Å². The van der Waals surface area contributed by atoms with Crippen molar-refractivity contribution in [3.8, 4) is 11.5 Å². The minimum Gasteiger partial charge on any atom is -0.508 e. The van der Waals surface area contributed by atoms with Crippen molar-refractivity contribution in [1.29, 1.82) is 0 Å². The Morgan fingerprint density at radius 3 is 1.31 bits per heavy atom. The highest BCUT2D eigenvalue weighted by atomic mass is 16.3. The molecule has 0 spiro atoms. The summed E-state index contributed by atoms with van der Waals surface area (Å²) in [5.74, 6) is 0.616. The van der Waals surface area contributed by atoms with Gasteiger partial charge in [0.05, 0.1) is 0 Å². The molecule has 0 saturated carbocycles.